The zero-order chi connectivity index (χ0) is 32.7. The molecular formula is C46H44N2. The molecule has 2 heteroatoms. The molecule has 1 fully saturated rings. The van der Waals surface area contributed by atoms with Crippen molar-refractivity contribution in [1.82, 2.24) is 0 Å². The number of anilines is 4. The summed E-state index contributed by atoms with van der Waals surface area (Å²) >= 11 is 0. The Hall–Kier alpha value is -5.08. The molecule has 2 atom stereocenters. The van der Waals surface area contributed by atoms with Gasteiger partial charge in [-0.3, -0.25) is 0 Å². The lowest BCUT2D eigenvalue weighted by atomic mass is 9.88. The first-order chi connectivity index (χ1) is 23.5. The number of allylic oxidation sites excluding steroid dienone is 10. The standard InChI is InChI=1S/C46H44N2/c1-33-15-17-36(18-16-33)37-19-23-42(24-20-37)47(41-11-5-4-6-12-41)43-25-21-38(22-26-43)39-27-28-46(32-40(46)31-39)48(44-13-7-9-34(2)29-44)45-14-8-10-35(3)30-45/h4-15,17,19,21-23,25-31,40H,16,18,20,24,32H2,1-3H3. The van der Waals surface area contributed by atoms with Gasteiger partial charge in [0.2, 0.25) is 0 Å². The van der Waals surface area contributed by atoms with Crippen LogP contribution in [0.5, 0.6) is 0 Å². The van der Waals surface area contributed by atoms with Crippen molar-refractivity contribution in [3.8, 4) is 0 Å². The van der Waals surface area contributed by atoms with E-state index in [-0.39, 0.29) is 5.54 Å². The summed E-state index contributed by atoms with van der Waals surface area (Å²) in [6, 6.07) is 37.9. The fraction of sp³-hybridized carbons (Fsp3) is 0.217. The number of rotatable bonds is 8. The van der Waals surface area contributed by atoms with Crippen molar-refractivity contribution in [3.63, 3.8) is 0 Å². The molecule has 2 unspecified atom stereocenters. The van der Waals surface area contributed by atoms with E-state index < -0.39 is 0 Å². The van der Waals surface area contributed by atoms with Crippen LogP contribution >= 0.6 is 0 Å². The second-order valence-electron chi connectivity index (χ2n) is 14.0. The third-order valence-corrected chi connectivity index (χ3v) is 10.6. The Kier molecular flexibility index (Phi) is 7.89. The summed E-state index contributed by atoms with van der Waals surface area (Å²) in [4.78, 5) is 5.01. The summed E-state index contributed by atoms with van der Waals surface area (Å²) in [6.45, 7) is 6.60. The number of aryl methyl sites for hydroxylation is 2. The monoisotopic (exact) mass is 624 g/mol. The quantitative estimate of drug-likeness (QED) is 0.192. The van der Waals surface area contributed by atoms with E-state index in [0.717, 1.165) is 25.7 Å². The third-order valence-electron chi connectivity index (χ3n) is 10.6. The SMILES string of the molecule is CC1=CC=C(C2=CC=C(N(c3ccccc3)c3ccc(C4=CC5CC5(N(c5cccc(C)c5)c5cccc(C)c5)C=C4)cc3)CC2)CC1. The predicted molar refractivity (Wildman–Crippen MR) is 204 cm³/mol. The second-order valence-corrected chi connectivity index (χ2v) is 14.0. The molecule has 2 nitrogen and oxygen atoms in total. The van der Waals surface area contributed by atoms with Crippen molar-refractivity contribution < 1.29 is 0 Å². The van der Waals surface area contributed by atoms with E-state index in [0.29, 0.717) is 5.92 Å². The number of benzene rings is 4. The van der Waals surface area contributed by atoms with Crippen molar-refractivity contribution in [2.45, 2.75) is 58.4 Å². The highest BCUT2D eigenvalue weighted by Crippen LogP contribution is 2.58. The lowest BCUT2D eigenvalue weighted by Gasteiger charge is -2.35. The van der Waals surface area contributed by atoms with Gasteiger partial charge in [-0.25, -0.2) is 0 Å². The molecule has 0 N–H and O–H groups in total. The molecule has 0 saturated heterocycles. The van der Waals surface area contributed by atoms with Gasteiger partial charge in [0.1, 0.15) is 0 Å². The second kappa shape index (κ2) is 12.5. The van der Waals surface area contributed by atoms with Crippen LogP contribution in [0.3, 0.4) is 0 Å². The zero-order valence-electron chi connectivity index (χ0n) is 28.4. The smallest absolute Gasteiger partial charge is 0.0707 e. The fourth-order valence-corrected chi connectivity index (χ4v) is 7.83. The van der Waals surface area contributed by atoms with Crippen LogP contribution in [0, 0.1) is 19.8 Å². The lowest BCUT2D eigenvalue weighted by molar-refractivity contribution is 0.753. The normalized spacial score (nSPS) is 21.2. The first kappa shape index (κ1) is 30.3. The van der Waals surface area contributed by atoms with Crippen LogP contribution in [0.2, 0.25) is 0 Å². The molecule has 0 heterocycles. The number of fused-ring (bicyclic) bond motifs is 1. The summed E-state index contributed by atoms with van der Waals surface area (Å²) in [7, 11) is 0. The Morgan fingerprint density at radius 3 is 1.79 bits per heavy atom. The zero-order valence-corrected chi connectivity index (χ0v) is 28.4. The van der Waals surface area contributed by atoms with Crippen LogP contribution in [-0.4, -0.2) is 5.54 Å². The van der Waals surface area contributed by atoms with Gasteiger partial charge in [-0.05, 0) is 141 Å². The highest BCUT2D eigenvalue weighted by molar-refractivity contribution is 5.82. The molecule has 0 bridgehead atoms. The first-order valence-corrected chi connectivity index (χ1v) is 17.5. The van der Waals surface area contributed by atoms with Crippen molar-refractivity contribution in [2.75, 3.05) is 9.80 Å². The molecule has 1 saturated carbocycles. The lowest BCUT2D eigenvalue weighted by Crippen LogP contribution is -2.34. The van der Waals surface area contributed by atoms with Crippen molar-refractivity contribution in [1.29, 1.82) is 0 Å². The number of hydrogen-bond donors (Lipinski definition) is 0. The van der Waals surface area contributed by atoms with E-state index in [1.165, 1.54) is 73.9 Å². The molecule has 8 rings (SSSR count). The highest BCUT2D eigenvalue weighted by atomic mass is 15.2. The van der Waals surface area contributed by atoms with Crippen LogP contribution in [0.1, 0.15) is 55.7 Å². The van der Waals surface area contributed by atoms with E-state index >= 15 is 0 Å². The minimum absolute atomic E-state index is 0.0300. The maximum atomic E-state index is 2.57. The molecule has 0 radical (unpaired) electrons. The Morgan fingerprint density at radius 1 is 0.583 bits per heavy atom. The van der Waals surface area contributed by atoms with Crippen molar-refractivity contribution in [3.05, 3.63) is 185 Å². The maximum Gasteiger partial charge on any atom is 0.0707 e. The molecule has 0 aromatic heterocycles. The van der Waals surface area contributed by atoms with Gasteiger partial charge in [-0.1, -0.05) is 96.6 Å². The van der Waals surface area contributed by atoms with E-state index in [4.69, 9.17) is 0 Å². The molecule has 4 aromatic rings. The van der Waals surface area contributed by atoms with E-state index in [1.807, 2.05) is 0 Å². The molecule has 4 aliphatic carbocycles. The average Bonchev–Trinajstić information content (AvgIpc) is 3.84. The van der Waals surface area contributed by atoms with Gasteiger partial charge in [0, 0.05) is 34.4 Å². The number of nitrogens with zero attached hydrogens (tertiary/aromatic N) is 2. The molecular weight excluding hydrogens is 581 g/mol. The summed E-state index contributed by atoms with van der Waals surface area (Å²) in [5, 5.41) is 0. The van der Waals surface area contributed by atoms with E-state index in [9.17, 15) is 0 Å². The van der Waals surface area contributed by atoms with Crippen molar-refractivity contribution in [2.24, 2.45) is 5.92 Å². The Labute approximate surface area is 286 Å². The summed E-state index contributed by atoms with van der Waals surface area (Å²) < 4.78 is 0. The molecule has 48 heavy (non-hydrogen) atoms. The van der Waals surface area contributed by atoms with Crippen molar-refractivity contribution >= 4 is 28.3 Å². The van der Waals surface area contributed by atoms with Crippen LogP contribution in [0.15, 0.2) is 168 Å². The predicted octanol–water partition coefficient (Wildman–Crippen LogP) is 12.3. The largest absolute Gasteiger partial charge is 0.331 e. The topological polar surface area (TPSA) is 6.48 Å². The van der Waals surface area contributed by atoms with Crippen LogP contribution < -0.4 is 9.80 Å². The van der Waals surface area contributed by atoms with Crippen LogP contribution in [0.4, 0.5) is 22.7 Å². The van der Waals surface area contributed by atoms with E-state index in [1.54, 1.807) is 0 Å². The van der Waals surface area contributed by atoms with Crippen LogP contribution in [-0.2, 0) is 0 Å². The third kappa shape index (κ3) is 5.81. The first-order valence-electron chi connectivity index (χ1n) is 17.5. The van der Waals surface area contributed by atoms with Gasteiger partial charge >= 0.3 is 0 Å². The maximum absolute atomic E-state index is 2.57. The molecule has 238 valence electrons. The Morgan fingerprint density at radius 2 is 1.21 bits per heavy atom. The summed E-state index contributed by atoms with van der Waals surface area (Å²) in [5.74, 6) is 0.464. The molecule has 4 aliphatic rings. The van der Waals surface area contributed by atoms with Gasteiger partial charge in [-0.2, -0.15) is 0 Å². The minimum Gasteiger partial charge on any atom is -0.331 e. The van der Waals surface area contributed by atoms with Gasteiger partial charge < -0.3 is 9.80 Å². The summed E-state index contributed by atoms with van der Waals surface area (Å²) in [6.07, 6.45) is 22.2. The van der Waals surface area contributed by atoms with Gasteiger partial charge in [0.15, 0.2) is 0 Å². The van der Waals surface area contributed by atoms with Gasteiger partial charge in [0.25, 0.3) is 0 Å². The molecule has 4 aromatic carbocycles. The van der Waals surface area contributed by atoms with E-state index in [2.05, 4.69) is 176 Å². The average molecular weight is 625 g/mol. The fourth-order valence-electron chi connectivity index (χ4n) is 7.83. The molecule has 0 spiro atoms. The Bertz CT molecular complexity index is 1990. The van der Waals surface area contributed by atoms with Gasteiger partial charge in [-0.15, -0.1) is 0 Å². The number of hydrogen-bond acceptors (Lipinski definition) is 2. The minimum atomic E-state index is -0.0300. The highest BCUT2D eigenvalue weighted by Gasteiger charge is 2.57. The molecule has 0 aliphatic heterocycles. The number of para-hydroxylation sites is 1. The van der Waals surface area contributed by atoms with Gasteiger partial charge in [0.05, 0.1) is 5.54 Å². The summed E-state index contributed by atoms with van der Waals surface area (Å²) in [5.41, 5.74) is 15.9. The van der Waals surface area contributed by atoms with Crippen LogP contribution in [0.25, 0.3) is 5.57 Å². The molecule has 0 amide bonds. The Balaban J connectivity index is 1.07.